The van der Waals surface area contributed by atoms with Gasteiger partial charge in [0.25, 0.3) is 0 Å². The van der Waals surface area contributed by atoms with Crippen molar-refractivity contribution in [2.75, 3.05) is 18.2 Å². The van der Waals surface area contributed by atoms with Gasteiger partial charge in [-0.25, -0.2) is 14.2 Å². The molecule has 8 heteroatoms. The van der Waals surface area contributed by atoms with E-state index >= 15 is 0 Å². The molecule has 1 heterocycles. The van der Waals surface area contributed by atoms with E-state index in [1.54, 1.807) is 6.07 Å². The molecule has 1 aromatic heterocycles. The summed E-state index contributed by atoms with van der Waals surface area (Å²) < 4.78 is 19.3. The molecule has 0 amide bonds. The Morgan fingerprint density at radius 1 is 1.52 bits per heavy atom. The number of rotatable bonds is 3. The van der Waals surface area contributed by atoms with Crippen LogP contribution in [0.4, 0.5) is 21.6 Å². The summed E-state index contributed by atoms with van der Waals surface area (Å²) in [5.74, 6) is -1.11. The molecular weight excluding hydrogens is 412 g/mol. The minimum atomic E-state index is -0.655. The van der Waals surface area contributed by atoms with Gasteiger partial charge in [-0.2, -0.15) is 0 Å². The number of benzene rings is 1. The molecule has 0 bridgehead atoms. The molecule has 21 heavy (non-hydrogen) atoms. The monoisotopic (exact) mass is 421 g/mol. The van der Waals surface area contributed by atoms with Crippen LogP contribution in [0.5, 0.6) is 0 Å². The van der Waals surface area contributed by atoms with Crippen LogP contribution in [0.25, 0.3) is 0 Å². The lowest BCUT2D eigenvalue weighted by Gasteiger charge is -2.14. The first-order valence-electron chi connectivity index (χ1n) is 5.68. The van der Waals surface area contributed by atoms with E-state index in [-0.39, 0.29) is 27.8 Å². The maximum Gasteiger partial charge on any atom is 0.341 e. The molecule has 0 aliphatic carbocycles. The molecule has 1 aromatic carbocycles. The van der Waals surface area contributed by atoms with E-state index in [0.717, 1.165) is 3.57 Å². The van der Waals surface area contributed by atoms with Crippen molar-refractivity contribution in [3.8, 4) is 0 Å². The number of carbonyl (C=O) groups is 1. The molecule has 0 radical (unpaired) electrons. The predicted octanol–water partition coefficient (Wildman–Crippen LogP) is 3.59. The van der Waals surface area contributed by atoms with Gasteiger partial charge >= 0.3 is 5.97 Å². The number of hydrogen-bond acceptors (Lipinski definition) is 5. The van der Waals surface area contributed by atoms with Gasteiger partial charge in [0.05, 0.1) is 18.5 Å². The van der Waals surface area contributed by atoms with Gasteiger partial charge in [0.1, 0.15) is 22.2 Å². The molecule has 5 nitrogen and oxygen atoms in total. The zero-order valence-corrected chi connectivity index (χ0v) is 13.7. The second kappa shape index (κ2) is 6.44. The number of aromatic nitrogens is 1. The standard InChI is InChI=1S/C13H10ClFIN3O2/c1-21-13(20)7-5-18-12(17)10(14)11(7)19-9-3-2-6(16)4-8(9)15/h2-5H,1H3,(H3,17,18,19). The third kappa shape index (κ3) is 3.35. The molecule has 0 spiro atoms. The van der Waals surface area contributed by atoms with Crippen LogP contribution in [0.3, 0.4) is 0 Å². The number of esters is 1. The van der Waals surface area contributed by atoms with Crippen LogP contribution >= 0.6 is 34.2 Å². The summed E-state index contributed by atoms with van der Waals surface area (Å²) in [7, 11) is 1.22. The highest BCUT2D eigenvalue weighted by atomic mass is 127. The second-order valence-electron chi connectivity index (χ2n) is 3.99. The summed E-state index contributed by atoms with van der Waals surface area (Å²) in [5, 5.41) is 2.79. The summed E-state index contributed by atoms with van der Waals surface area (Å²) in [6.07, 6.45) is 1.22. The fourth-order valence-electron chi connectivity index (χ4n) is 1.61. The second-order valence-corrected chi connectivity index (χ2v) is 5.61. The first-order valence-corrected chi connectivity index (χ1v) is 7.14. The topological polar surface area (TPSA) is 77.2 Å². The number of carbonyl (C=O) groups excluding carboxylic acids is 1. The first-order chi connectivity index (χ1) is 9.93. The number of nitrogens with two attached hydrogens (primary N) is 1. The summed E-state index contributed by atoms with van der Waals surface area (Å²) in [5.41, 5.74) is 5.99. The van der Waals surface area contributed by atoms with Crippen LogP contribution < -0.4 is 11.1 Å². The zero-order chi connectivity index (χ0) is 15.6. The number of anilines is 3. The first kappa shape index (κ1) is 15.8. The fourth-order valence-corrected chi connectivity index (χ4v) is 2.27. The summed E-state index contributed by atoms with van der Waals surface area (Å²) in [4.78, 5) is 15.5. The average molecular weight is 422 g/mol. The number of pyridine rings is 1. The molecular formula is C13H10ClFIN3O2. The summed E-state index contributed by atoms with van der Waals surface area (Å²) in [6, 6.07) is 4.59. The van der Waals surface area contributed by atoms with Crippen molar-refractivity contribution in [1.29, 1.82) is 0 Å². The molecule has 0 saturated carbocycles. The number of nitrogens with zero attached hydrogens (tertiary/aromatic N) is 1. The Labute approximate surface area is 138 Å². The summed E-state index contributed by atoms with van der Waals surface area (Å²) in [6.45, 7) is 0. The quantitative estimate of drug-likeness (QED) is 0.585. The number of halogens is 3. The van der Waals surface area contributed by atoms with E-state index in [0.29, 0.717) is 0 Å². The number of ether oxygens (including phenoxy) is 1. The molecule has 2 rings (SSSR count). The largest absolute Gasteiger partial charge is 0.465 e. The van der Waals surface area contributed by atoms with E-state index in [1.165, 1.54) is 25.4 Å². The third-order valence-corrected chi connectivity index (χ3v) is 3.70. The fraction of sp³-hybridized carbons (Fsp3) is 0.0769. The Hall–Kier alpha value is -1.61. The maximum absolute atomic E-state index is 13.9. The van der Waals surface area contributed by atoms with Crippen LogP contribution in [0.15, 0.2) is 24.4 Å². The Balaban J connectivity index is 2.51. The Kier molecular flexibility index (Phi) is 4.84. The van der Waals surface area contributed by atoms with Gasteiger partial charge in [-0.15, -0.1) is 0 Å². The molecule has 2 aromatic rings. The van der Waals surface area contributed by atoms with Crippen LogP contribution in [-0.4, -0.2) is 18.1 Å². The molecule has 0 fully saturated rings. The number of methoxy groups -OCH3 is 1. The van der Waals surface area contributed by atoms with Crippen molar-refractivity contribution in [2.45, 2.75) is 0 Å². The average Bonchev–Trinajstić information content (AvgIpc) is 2.45. The number of nitrogens with one attached hydrogen (secondary N) is 1. The van der Waals surface area contributed by atoms with E-state index in [9.17, 15) is 9.18 Å². The maximum atomic E-state index is 13.9. The van der Waals surface area contributed by atoms with Crippen LogP contribution in [0.2, 0.25) is 5.02 Å². The minimum Gasteiger partial charge on any atom is -0.465 e. The third-order valence-electron chi connectivity index (χ3n) is 2.64. The Morgan fingerprint density at radius 2 is 2.24 bits per heavy atom. The predicted molar refractivity (Wildman–Crippen MR) is 87.4 cm³/mol. The minimum absolute atomic E-state index is 0.0239. The molecule has 0 atom stereocenters. The van der Waals surface area contributed by atoms with Crippen molar-refractivity contribution in [3.63, 3.8) is 0 Å². The van der Waals surface area contributed by atoms with Crippen molar-refractivity contribution in [2.24, 2.45) is 0 Å². The van der Waals surface area contributed by atoms with Crippen LogP contribution in [0.1, 0.15) is 10.4 Å². The highest BCUT2D eigenvalue weighted by Crippen LogP contribution is 2.33. The highest BCUT2D eigenvalue weighted by molar-refractivity contribution is 14.1. The van der Waals surface area contributed by atoms with Gasteiger partial charge < -0.3 is 15.8 Å². The van der Waals surface area contributed by atoms with Crippen molar-refractivity contribution >= 4 is 57.4 Å². The van der Waals surface area contributed by atoms with Crippen molar-refractivity contribution in [3.05, 3.63) is 44.4 Å². The SMILES string of the molecule is COC(=O)c1cnc(N)c(Cl)c1Nc1ccc(I)cc1F. The lowest BCUT2D eigenvalue weighted by molar-refractivity contribution is 0.0601. The van der Waals surface area contributed by atoms with Crippen LogP contribution in [0, 0.1) is 9.39 Å². The Morgan fingerprint density at radius 3 is 2.86 bits per heavy atom. The van der Waals surface area contributed by atoms with Gasteiger partial charge in [0.15, 0.2) is 0 Å². The van der Waals surface area contributed by atoms with Gasteiger partial charge in [-0.05, 0) is 40.8 Å². The lowest BCUT2D eigenvalue weighted by atomic mass is 10.2. The molecule has 0 aliphatic rings. The van der Waals surface area contributed by atoms with Crippen molar-refractivity contribution in [1.82, 2.24) is 4.98 Å². The lowest BCUT2D eigenvalue weighted by Crippen LogP contribution is -2.09. The smallest absolute Gasteiger partial charge is 0.341 e. The summed E-state index contributed by atoms with van der Waals surface area (Å²) >= 11 is 8.04. The number of nitrogen functional groups attached to an aromatic ring is 1. The normalized spacial score (nSPS) is 10.3. The van der Waals surface area contributed by atoms with Gasteiger partial charge in [-0.1, -0.05) is 11.6 Å². The molecule has 0 unspecified atom stereocenters. The highest BCUT2D eigenvalue weighted by Gasteiger charge is 2.19. The molecule has 0 saturated heterocycles. The van der Waals surface area contributed by atoms with Crippen molar-refractivity contribution < 1.29 is 13.9 Å². The van der Waals surface area contributed by atoms with E-state index < -0.39 is 11.8 Å². The van der Waals surface area contributed by atoms with E-state index in [2.05, 4.69) is 15.0 Å². The van der Waals surface area contributed by atoms with Gasteiger partial charge in [0, 0.05) is 9.77 Å². The van der Waals surface area contributed by atoms with Crippen LogP contribution in [-0.2, 0) is 4.74 Å². The van der Waals surface area contributed by atoms with Gasteiger partial charge in [0.2, 0.25) is 0 Å². The molecule has 3 N–H and O–H groups in total. The van der Waals surface area contributed by atoms with Gasteiger partial charge in [-0.3, -0.25) is 0 Å². The molecule has 110 valence electrons. The molecule has 0 aliphatic heterocycles. The van der Waals surface area contributed by atoms with E-state index in [4.69, 9.17) is 17.3 Å². The number of hydrogen-bond donors (Lipinski definition) is 2. The zero-order valence-electron chi connectivity index (χ0n) is 10.8. The Bertz CT molecular complexity index is 712. The van der Waals surface area contributed by atoms with E-state index in [1.807, 2.05) is 22.6 Å².